The third kappa shape index (κ3) is 3.35. The smallest absolute Gasteiger partial charge is 0.248 e. The number of rotatable bonds is 3. The van der Waals surface area contributed by atoms with Crippen molar-refractivity contribution in [2.24, 2.45) is 0 Å². The van der Waals surface area contributed by atoms with E-state index >= 15 is 0 Å². The van der Waals surface area contributed by atoms with Crippen molar-refractivity contribution in [3.05, 3.63) is 164 Å². The van der Waals surface area contributed by atoms with Gasteiger partial charge >= 0.3 is 0 Å². The average Bonchev–Trinajstić information content (AvgIpc) is 3.74. The standard InChI is InChI=1S/C42H27BN2/c1-7-20-34-28(14-1)29-15-2-8-21-35(29)43(34)42-40(44-36-22-9-3-16-30(36)31-17-4-10-23-37(31)44)26-13-27-41(42)45-38-24-11-5-18-32(38)33-19-6-12-25-39(33)45/h1-27H. The van der Waals surface area contributed by atoms with Gasteiger partial charge in [-0.1, -0.05) is 138 Å². The van der Waals surface area contributed by atoms with E-state index in [-0.39, 0.29) is 6.71 Å². The molecule has 3 heterocycles. The zero-order valence-electron chi connectivity index (χ0n) is 24.6. The van der Waals surface area contributed by atoms with E-state index in [0.717, 1.165) is 0 Å². The van der Waals surface area contributed by atoms with Crippen LogP contribution >= 0.6 is 0 Å². The minimum Gasteiger partial charge on any atom is -0.310 e. The Bertz CT molecular complexity index is 2340. The van der Waals surface area contributed by atoms with Gasteiger partial charge in [-0.3, -0.25) is 0 Å². The highest BCUT2D eigenvalue weighted by atomic mass is 15.0. The summed E-state index contributed by atoms with van der Waals surface area (Å²) in [6.45, 7) is 0.0587. The molecule has 1 aliphatic heterocycles. The lowest BCUT2D eigenvalue weighted by Gasteiger charge is -2.23. The van der Waals surface area contributed by atoms with E-state index < -0.39 is 0 Å². The van der Waals surface area contributed by atoms with Crippen molar-refractivity contribution in [1.29, 1.82) is 0 Å². The number of nitrogens with zero attached hydrogens (tertiary/aromatic N) is 2. The summed E-state index contributed by atoms with van der Waals surface area (Å²) < 4.78 is 5.00. The van der Waals surface area contributed by atoms with Crippen molar-refractivity contribution in [3.63, 3.8) is 0 Å². The topological polar surface area (TPSA) is 9.86 Å². The predicted molar refractivity (Wildman–Crippen MR) is 192 cm³/mol. The first-order chi connectivity index (χ1) is 22.4. The molecule has 0 saturated heterocycles. The minimum atomic E-state index is 0.0587. The van der Waals surface area contributed by atoms with E-state index in [2.05, 4.69) is 173 Å². The van der Waals surface area contributed by atoms with Crippen LogP contribution in [0, 0.1) is 0 Å². The number of hydrogen-bond donors (Lipinski definition) is 0. The summed E-state index contributed by atoms with van der Waals surface area (Å²) in [6.07, 6.45) is 0. The second-order valence-electron chi connectivity index (χ2n) is 12.1. The van der Waals surface area contributed by atoms with E-state index in [1.54, 1.807) is 0 Å². The van der Waals surface area contributed by atoms with E-state index in [1.807, 2.05) is 0 Å². The summed E-state index contributed by atoms with van der Waals surface area (Å²) in [7, 11) is 0. The molecule has 0 amide bonds. The van der Waals surface area contributed by atoms with Gasteiger partial charge in [0.05, 0.1) is 22.1 Å². The Labute approximate surface area is 261 Å². The number of para-hydroxylation sites is 4. The van der Waals surface area contributed by atoms with Crippen molar-refractivity contribution in [3.8, 4) is 22.5 Å². The van der Waals surface area contributed by atoms with Crippen molar-refractivity contribution >= 4 is 66.7 Å². The maximum absolute atomic E-state index is 2.50. The lowest BCUT2D eigenvalue weighted by atomic mass is 9.38. The SMILES string of the molecule is c1ccc2c(c1)B(c1c(-n3c4ccccc4c4ccccc43)cccc1-n1c3ccccc3c3ccccc31)c1ccccc1-2. The van der Waals surface area contributed by atoms with Crippen LogP contribution in [0.25, 0.3) is 66.1 Å². The van der Waals surface area contributed by atoms with Gasteiger partial charge < -0.3 is 9.13 Å². The molecule has 10 rings (SSSR count). The van der Waals surface area contributed by atoms with Crippen molar-refractivity contribution < 1.29 is 0 Å². The molecule has 0 spiro atoms. The molecule has 0 unspecified atom stereocenters. The number of benzene rings is 7. The van der Waals surface area contributed by atoms with Crippen LogP contribution in [0.3, 0.4) is 0 Å². The van der Waals surface area contributed by atoms with Gasteiger partial charge in [0.1, 0.15) is 0 Å². The van der Waals surface area contributed by atoms with Crippen LogP contribution in [0.2, 0.25) is 0 Å². The average molecular weight is 571 g/mol. The molecule has 2 nitrogen and oxygen atoms in total. The first-order valence-corrected chi connectivity index (χ1v) is 15.7. The van der Waals surface area contributed by atoms with Crippen LogP contribution in [0.1, 0.15) is 0 Å². The highest BCUT2D eigenvalue weighted by Gasteiger charge is 2.37. The normalized spacial score (nSPS) is 12.4. The van der Waals surface area contributed by atoms with Crippen LogP contribution in [-0.2, 0) is 0 Å². The zero-order valence-corrected chi connectivity index (χ0v) is 24.6. The molecule has 0 atom stereocenters. The summed E-state index contributed by atoms with van der Waals surface area (Å²) in [5, 5.41) is 5.09. The van der Waals surface area contributed by atoms with E-state index in [9.17, 15) is 0 Å². The largest absolute Gasteiger partial charge is 0.310 e. The van der Waals surface area contributed by atoms with Gasteiger partial charge in [0.15, 0.2) is 0 Å². The van der Waals surface area contributed by atoms with E-state index in [4.69, 9.17) is 0 Å². The first-order valence-electron chi connectivity index (χ1n) is 15.7. The molecule has 0 aliphatic carbocycles. The quantitative estimate of drug-likeness (QED) is 0.189. The summed E-state index contributed by atoms with van der Waals surface area (Å²) in [6, 6.07) is 60.2. The maximum atomic E-state index is 2.50. The van der Waals surface area contributed by atoms with Crippen LogP contribution in [-0.4, -0.2) is 15.8 Å². The minimum absolute atomic E-state index is 0.0587. The Kier molecular flexibility index (Phi) is 5.12. The number of aromatic nitrogens is 2. The molecular formula is C42H27BN2. The number of hydrogen-bond acceptors (Lipinski definition) is 0. The van der Waals surface area contributed by atoms with Gasteiger partial charge in [-0.15, -0.1) is 0 Å². The van der Waals surface area contributed by atoms with Gasteiger partial charge in [-0.05, 0) is 53.0 Å². The summed E-state index contributed by atoms with van der Waals surface area (Å²) in [5.74, 6) is 0. The number of fused-ring (bicyclic) bond motifs is 9. The molecule has 3 heteroatoms. The van der Waals surface area contributed by atoms with Crippen LogP contribution in [0.4, 0.5) is 0 Å². The molecule has 2 aromatic heterocycles. The molecular weight excluding hydrogens is 543 g/mol. The van der Waals surface area contributed by atoms with Crippen molar-refractivity contribution in [1.82, 2.24) is 9.13 Å². The highest BCUT2D eigenvalue weighted by molar-refractivity contribution is 7.00. The summed E-state index contributed by atoms with van der Waals surface area (Å²) in [5.41, 5.74) is 14.0. The first kappa shape index (κ1) is 24.6. The fraction of sp³-hybridized carbons (Fsp3) is 0. The van der Waals surface area contributed by atoms with E-state index in [0.29, 0.717) is 0 Å². The molecule has 9 aromatic rings. The molecule has 1 aliphatic rings. The van der Waals surface area contributed by atoms with Crippen LogP contribution in [0.15, 0.2) is 164 Å². The second kappa shape index (κ2) is 9.35. The molecule has 0 bridgehead atoms. The molecule has 0 saturated carbocycles. The van der Waals surface area contributed by atoms with Gasteiger partial charge in [-0.25, -0.2) is 0 Å². The second-order valence-corrected chi connectivity index (χ2v) is 12.1. The summed E-state index contributed by atoms with van der Waals surface area (Å²) in [4.78, 5) is 0. The molecule has 0 fully saturated rings. The fourth-order valence-electron chi connectivity index (χ4n) is 8.06. The monoisotopic (exact) mass is 570 g/mol. The van der Waals surface area contributed by atoms with Gasteiger partial charge in [0.25, 0.3) is 0 Å². The molecule has 208 valence electrons. The summed E-state index contributed by atoms with van der Waals surface area (Å²) >= 11 is 0. The van der Waals surface area contributed by atoms with E-state index in [1.165, 1.54) is 82.5 Å². The Morgan fingerprint density at radius 3 is 1.04 bits per heavy atom. The predicted octanol–water partition coefficient (Wildman–Crippen LogP) is 8.38. The third-order valence-corrected chi connectivity index (χ3v) is 9.82. The third-order valence-electron chi connectivity index (χ3n) is 9.82. The lowest BCUT2D eigenvalue weighted by molar-refractivity contribution is 1.15. The Morgan fingerprint density at radius 1 is 0.311 bits per heavy atom. The molecule has 7 aromatic carbocycles. The van der Waals surface area contributed by atoms with Gasteiger partial charge in [0, 0.05) is 32.9 Å². The van der Waals surface area contributed by atoms with Gasteiger partial charge in [0.2, 0.25) is 6.71 Å². The van der Waals surface area contributed by atoms with Gasteiger partial charge in [-0.2, -0.15) is 0 Å². The highest BCUT2D eigenvalue weighted by Crippen LogP contribution is 2.36. The van der Waals surface area contributed by atoms with Crippen LogP contribution < -0.4 is 16.4 Å². The Hall–Kier alpha value is -5.80. The Balaban J connectivity index is 1.41. The van der Waals surface area contributed by atoms with Crippen molar-refractivity contribution in [2.45, 2.75) is 0 Å². The van der Waals surface area contributed by atoms with Crippen molar-refractivity contribution in [2.75, 3.05) is 0 Å². The molecule has 45 heavy (non-hydrogen) atoms. The molecule has 0 radical (unpaired) electrons. The van der Waals surface area contributed by atoms with Crippen LogP contribution in [0.5, 0.6) is 0 Å². The zero-order chi connectivity index (χ0) is 29.5. The lowest BCUT2D eigenvalue weighted by Crippen LogP contribution is -2.51. The molecule has 0 N–H and O–H groups in total. The fourth-order valence-corrected chi connectivity index (χ4v) is 8.06. The maximum Gasteiger partial charge on any atom is 0.248 e. The Morgan fingerprint density at radius 2 is 0.644 bits per heavy atom.